The number of benzene rings is 1. The van der Waals surface area contributed by atoms with Crippen molar-refractivity contribution >= 4 is 10.2 Å². The van der Waals surface area contributed by atoms with E-state index in [4.69, 9.17) is 14.2 Å². The summed E-state index contributed by atoms with van der Waals surface area (Å²) in [5.74, 6) is 1.52. The molecular formula is C15H24N2O5S. The fourth-order valence-corrected chi connectivity index (χ4v) is 3.70. The van der Waals surface area contributed by atoms with Gasteiger partial charge < -0.3 is 14.2 Å². The lowest BCUT2D eigenvalue weighted by molar-refractivity contribution is 0.321. The first-order valence-corrected chi connectivity index (χ1v) is 8.73. The zero-order valence-corrected chi connectivity index (χ0v) is 15.0. The molecule has 1 aliphatic carbocycles. The third-order valence-corrected chi connectivity index (χ3v) is 5.72. The molecule has 8 heteroatoms. The molecule has 0 aliphatic heterocycles. The van der Waals surface area contributed by atoms with Crippen LogP contribution in [0.5, 0.6) is 17.2 Å². The Hall–Kier alpha value is -1.51. The van der Waals surface area contributed by atoms with Gasteiger partial charge >= 0.3 is 0 Å². The summed E-state index contributed by atoms with van der Waals surface area (Å²) < 4.78 is 43.7. The van der Waals surface area contributed by atoms with E-state index in [0.29, 0.717) is 17.2 Å². The van der Waals surface area contributed by atoms with Crippen molar-refractivity contribution in [2.24, 2.45) is 0 Å². The van der Waals surface area contributed by atoms with E-state index in [2.05, 4.69) is 0 Å². The summed E-state index contributed by atoms with van der Waals surface area (Å²) in [6.07, 6.45) is 1.77. The van der Waals surface area contributed by atoms with Crippen LogP contribution in [0, 0.1) is 0 Å². The first kappa shape index (κ1) is 17.8. The summed E-state index contributed by atoms with van der Waals surface area (Å²) in [6.45, 7) is 0.266. The van der Waals surface area contributed by atoms with Crippen molar-refractivity contribution in [2.75, 3.05) is 35.4 Å². The van der Waals surface area contributed by atoms with Crippen molar-refractivity contribution in [1.29, 1.82) is 0 Å². The molecule has 1 aliphatic rings. The SMILES string of the molecule is COc1cc(CN(C2CC2)S(=O)(=O)N(C)C)cc(OC)c1OC. The largest absolute Gasteiger partial charge is 0.493 e. The summed E-state index contributed by atoms with van der Waals surface area (Å²) in [6, 6.07) is 3.62. The number of rotatable bonds is 8. The lowest BCUT2D eigenvalue weighted by atomic mass is 10.1. The Morgan fingerprint density at radius 1 is 1.04 bits per heavy atom. The van der Waals surface area contributed by atoms with E-state index in [-0.39, 0.29) is 12.6 Å². The van der Waals surface area contributed by atoms with Crippen LogP contribution >= 0.6 is 0 Å². The van der Waals surface area contributed by atoms with Gasteiger partial charge in [0, 0.05) is 26.7 Å². The molecule has 1 saturated carbocycles. The van der Waals surface area contributed by atoms with Crippen molar-refractivity contribution in [3.63, 3.8) is 0 Å². The Bertz CT molecular complexity index is 631. The molecule has 7 nitrogen and oxygen atoms in total. The normalized spacial score (nSPS) is 15.1. The maximum Gasteiger partial charge on any atom is 0.282 e. The second-order valence-corrected chi connectivity index (χ2v) is 7.70. The maximum atomic E-state index is 12.5. The van der Waals surface area contributed by atoms with Gasteiger partial charge in [-0.25, -0.2) is 0 Å². The molecule has 1 fully saturated rings. The smallest absolute Gasteiger partial charge is 0.282 e. The van der Waals surface area contributed by atoms with Crippen molar-refractivity contribution in [3.05, 3.63) is 17.7 Å². The van der Waals surface area contributed by atoms with Crippen LogP contribution in [0.4, 0.5) is 0 Å². The molecule has 0 N–H and O–H groups in total. The third-order valence-electron chi connectivity index (χ3n) is 3.77. The molecule has 1 aromatic carbocycles. The van der Waals surface area contributed by atoms with Gasteiger partial charge in [0.2, 0.25) is 5.75 Å². The van der Waals surface area contributed by atoms with Crippen LogP contribution in [0.1, 0.15) is 18.4 Å². The molecule has 0 bridgehead atoms. The summed E-state index contributed by atoms with van der Waals surface area (Å²) in [7, 11) is 4.22. The quantitative estimate of drug-likeness (QED) is 0.715. The zero-order chi connectivity index (χ0) is 17.2. The fraction of sp³-hybridized carbons (Fsp3) is 0.600. The van der Waals surface area contributed by atoms with Crippen molar-refractivity contribution in [3.8, 4) is 17.2 Å². The van der Waals surface area contributed by atoms with Crippen LogP contribution in [0.25, 0.3) is 0 Å². The predicted octanol–water partition coefficient (Wildman–Crippen LogP) is 1.48. The zero-order valence-electron chi connectivity index (χ0n) is 14.2. The van der Waals surface area contributed by atoms with E-state index in [1.54, 1.807) is 26.2 Å². The van der Waals surface area contributed by atoms with Crippen LogP contribution in [-0.2, 0) is 16.8 Å². The first-order chi connectivity index (χ1) is 10.8. The van der Waals surface area contributed by atoms with Gasteiger partial charge in [-0.2, -0.15) is 17.0 Å². The number of hydrogen-bond donors (Lipinski definition) is 0. The second kappa shape index (κ2) is 6.94. The first-order valence-electron chi connectivity index (χ1n) is 7.33. The molecule has 2 rings (SSSR count). The van der Waals surface area contributed by atoms with E-state index in [1.807, 2.05) is 0 Å². The minimum Gasteiger partial charge on any atom is -0.493 e. The van der Waals surface area contributed by atoms with E-state index in [0.717, 1.165) is 18.4 Å². The molecule has 130 valence electrons. The number of ether oxygens (including phenoxy) is 3. The predicted molar refractivity (Wildman–Crippen MR) is 87.3 cm³/mol. The summed E-state index contributed by atoms with van der Waals surface area (Å²) in [5.41, 5.74) is 0.789. The van der Waals surface area contributed by atoms with Gasteiger partial charge in [-0.05, 0) is 30.5 Å². The molecule has 23 heavy (non-hydrogen) atoms. The van der Waals surface area contributed by atoms with Crippen molar-refractivity contribution in [1.82, 2.24) is 8.61 Å². The van der Waals surface area contributed by atoms with Gasteiger partial charge in [-0.3, -0.25) is 0 Å². The molecule has 1 aromatic rings. The average Bonchev–Trinajstić information content (AvgIpc) is 3.35. The highest BCUT2D eigenvalue weighted by molar-refractivity contribution is 7.86. The monoisotopic (exact) mass is 344 g/mol. The third kappa shape index (κ3) is 3.70. The number of nitrogens with zero attached hydrogens (tertiary/aromatic N) is 2. The van der Waals surface area contributed by atoms with Gasteiger partial charge in [-0.15, -0.1) is 0 Å². The summed E-state index contributed by atoms with van der Waals surface area (Å²) in [5, 5.41) is 0. The van der Waals surface area contributed by atoms with E-state index >= 15 is 0 Å². The lowest BCUT2D eigenvalue weighted by Crippen LogP contribution is -2.40. The fourth-order valence-electron chi connectivity index (χ4n) is 2.38. The average molecular weight is 344 g/mol. The van der Waals surface area contributed by atoms with Gasteiger partial charge in [0.05, 0.1) is 21.3 Å². The maximum absolute atomic E-state index is 12.5. The molecule has 0 spiro atoms. The molecule has 0 atom stereocenters. The second-order valence-electron chi connectivity index (χ2n) is 5.60. The molecule has 0 radical (unpaired) electrons. The van der Waals surface area contributed by atoms with Crippen molar-refractivity contribution in [2.45, 2.75) is 25.4 Å². The Balaban J connectivity index is 2.37. The van der Waals surface area contributed by atoms with Crippen LogP contribution in [0.3, 0.4) is 0 Å². The Morgan fingerprint density at radius 3 is 1.91 bits per heavy atom. The molecular weight excluding hydrogens is 320 g/mol. The van der Waals surface area contributed by atoms with Crippen LogP contribution in [0.15, 0.2) is 12.1 Å². The summed E-state index contributed by atoms with van der Waals surface area (Å²) >= 11 is 0. The Morgan fingerprint density at radius 2 is 1.57 bits per heavy atom. The highest BCUT2D eigenvalue weighted by Crippen LogP contribution is 2.39. The standard InChI is InChI=1S/C15H24N2O5S/c1-16(2)23(18,19)17(12-6-7-12)10-11-8-13(20-3)15(22-5)14(9-11)21-4/h8-9,12H,6-7,10H2,1-5H3. The minimum absolute atomic E-state index is 0.0569. The summed E-state index contributed by atoms with van der Waals surface area (Å²) in [4.78, 5) is 0. The molecule has 0 amide bonds. The highest BCUT2D eigenvalue weighted by Gasteiger charge is 2.38. The van der Waals surface area contributed by atoms with E-state index in [1.165, 1.54) is 29.9 Å². The van der Waals surface area contributed by atoms with E-state index in [9.17, 15) is 8.42 Å². The number of methoxy groups -OCH3 is 3. The number of hydrogen-bond acceptors (Lipinski definition) is 5. The van der Waals surface area contributed by atoms with Crippen molar-refractivity contribution < 1.29 is 22.6 Å². The topological polar surface area (TPSA) is 68.3 Å². The van der Waals surface area contributed by atoms with E-state index < -0.39 is 10.2 Å². The van der Waals surface area contributed by atoms with Crippen LogP contribution < -0.4 is 14.2 Å². The van der Waals surface area contributed by atoms with Gasteiger partial charge in [0.1, 0.15) is 0 Å². The molecule has 0 heterocycles. The molecule has 0 aromatic heterocycles. The van der Waals surface area contributed by atoms with Gasteiger partial charge in [0.25, 0.3) is 10.2 Å². The lowest BCUT2D eigenvalue weighted by Gasteiger charge is -2.26. The Labute approximate surface area is 137 Å². The van der Waals surface area contributed by atoms with Gasteiger partial charge in [0.15, 0.2) is 11.5 Å². The van der Waals surface area contributed by atoms with Crippen LogP contribution in [0.2, 0.25) is 0 Å². The van der Waals surface area contributed by atoms with Gasteiger partial charge in [-0.1, -0.05) is 0 Å². The Kier molecular flexibility index (Phi) is 5.38. The molecule has 0 unspecified atom stereocenters. The molecule has 0 saturated heterocycles. The van der Waals surface area contributed by atoms with Crippen LogP contribution in [-0.4, -0.2) is 58.5 Å². The minimum atomic E-state index is -3.47. The highest BCUT2D eigenvalue weighted by atomic mass is 32.2.